The van der Waals surface area contributed by atoms with Gasteiger partial charge in [0.2, 0.25) is 5.88 Å². The molecule has 2 rings (SSSR count). The predicted molar refractivity (Wildman–Crippen MR) is 87.5 cm³/mol. The molecule has 8 heteroatoms. The third-order valence-corrected chi connectivity index (χ3v) is 3.91. The molecule has 0 saturated heterocycles. The molecular weight excluding hydrogens is 336 g/mol. The lowest BCUT2D eigenvalue weighted by Crippen LogP contribution is -2.50. The average molecular weight is 357 g/mol. The van der Waals surface area contributed by atoms with Gasteiger partial charge in [0.1, 0.15) is 5.02 Å². The van der Waals surface area contributed by atoms with Crippen molar-refractivity contribution in [1.82, 2.24) is 10.3 Å². The standard InChI is InChI=1S/C16H21ClN2O5/c1-16(9-23-2,6-13(20)21)19-14(22)11-5-12(17)15(18-7-11)24-8-10-3-4-10/h5,7,10H,3-4,6,8-9H2,1-2H3,(H,19,22)(H,20,21). The monoisotopic (exact) mass is 356 g/mol. The first-order valence-corrected chi connectivity index (χ1v) is 8.02. The first-order valence-electron chi connectivity index (χ1n) is 7.64. The van der Waals surface area contributed by atoms with Crippen LogP contribution in [0.2, 0.25) is 5.02 Å². The summed E-state index contributed by atoms with van der Waals surface area (Å²) in [6.07, 6.45) is 3.40. The summed E-state index contributed by atoms with van der Waals surface area (Å²) in [6.45, 7) is 2.24. The second-order valence-electron chi connectivity index (χ2n) is 6.28. The number of pyridine rings is 1. The van der Waals surface area contributed by atoms with E-state index in [9.17, 15) is 9.59 Å². The van der Waals surface area contributed by atoms with E-state index in [1.54, 1.807) is 6.92 Å². The highest BCUT2D eigenvalue weighted by molar-refractivity contribution is 6.32. The molecule has 1 aromatic rings. The molecule has 7 nitrogen and oxygen atoms in total. The van der Waals surface area contributed by atoms with Crippen molar-refractivity contribution in [3.05, 3.63) is 22.8 Å². The van der Waals surface area contributed by atoms with Crippen molar-refractivity contribution in [3.8, 4) is 5.88 Å². The molecule has 1 amide bonds. The van der Waals surface area contributed by atoms with Crippen molar-refractivity contribution < 1.29 is 24.2 Å². The van der Waals surface area contributed by atoms with Gasteiger partial charge in [-0.3, -0.25) is 9.59 Å². The molecule has 1 aliphatic rings. The van der Waals surface area contributed by atoms with E-state index < -0.39 is 17.4 Å². The minimum Gasteiger partial charge on any atom is -0.481 e. The van der Waals surface area contributed by atoms with E-state index in [-0.39, 0.29) is 23.6 Å². The maximum Gasteiger partial charge on any atom is 0.305 e. The number of ether oxygens (including phenoxy) is 2. The molecule has 0 radical (unpaired) electrons. The number of carboxylic acids is 1. The number of carbonyl (C=O) groups is 2. The molecule has 0 bridgehead atoms. The Bertz CT molecular complexity index is 620. The van der Waals surface area contributed by atoms with Gasteiger partial charge in [0, 0.05) is 13.3 Å². The molecule has 0 aromatic carbocycles. The third-order valence-electron chi connectivity index (χ3n) is 3.64. The van der Waals surface area contributed by atoms with Crippen LogP contribution in [0.25, 0.3) is 0 Å². The Morgan fingerprint density at radius 2 is 2.21 bits per heavy atom. The van der Waals surface area contributed by atoms with Crippen molar-refractivity contribution in [2.75, 3.05) is 20.3 Å². The molecule has 0 spiro atoms. The number of rotatable bonds is 9. The van der Waals surface area contributed by atoms with Crippen LogP contribution in [0.4, 0.5) is 0 Å². The number of nitrogens with one attached hydrogen (secondary N) is 1. The van der Waals surface area contributed by atoms with Crippen molar-refractivity contribution in [2.45, 2.75) is 31.7 Å². The van der Waals surface area contributed by atoms with E-state index in [1.165, 1.54) is 19.4 Å². The number of nitrogens with zero attached hydrogens (tertiary/aromatic N) is 1. The summed E-state index contributed by atoms with van der Waals surface area (Å²) < 4.78 is 10.5. The lowest BCUT2D eigenvalue weighted by molar-refractivity contribution is -0.139. The van der Waals surface area contributed by atoms with Gasteiger partial charge >= 0.3 is 5.97 Å². The summed E-state index contributed by atoms with van der Waals surface area (Å²) in [5, 5.41) is 11.9. The summed E-state index contributed by atoms with van der Waals surface area (Å²) in [6, 6.07) is 1.46. The first-order chi connectivity index (χ1) is 11.3. The highest BCUT2D eigenvalue weighted by atomic mass is 35.5. The molecule has 0 aliphatic heterocycles. The van der Waals surface area contributed by atoms with Crippen molar-refractivity contribution in [2.24, 2.45) is 5.92 Å². The van der Waals surface area contributed by atoms with Gasteiger partial charge in [0.05, 0.1) is 30.7 Å². The van der Waals surface area contributed by atoms with Crippen LogP contribution in [-0.4, -0.2) is 47.8 Å². The zero-order chi connectivity index (χ0) is 17.7. The Kier molecular flexibility index (Phi) is 6.01. The maximum atomic E-state index is 12.4. The molecule has 132 valence electrons. The van der Waals surface area contributed by atoms with Crippen LogP contribution in [0, 0.1) is 5.92 Å². The fraction of sp³-hybridized carbons (Fsp3) is 0.562. The smallest absolute Gasteiger partial charge is 0.305 e. The number of carboxylic acid groups (broad SMARTS) is 1. The molecule has 1 heterocycles. The number of aromatic nitrogens is 1. The third kappa shape index (κ3) is 5.35. The van der Waals surface area contributed by atoms with Crippen LogP contribution < -0.4 is 10.1 Å². The fourth-order valence-corrected chi connectivity index (χ4v) is 2.49. The lowest BCUT2D eigenvalue weighted by atomic mass is 9.98. The minimum atomic E-state index is -1.04. The van der Waals surface area contributed by atoms with Gasteiger partial charge in [-0.15, -0.1) is 0 Å². The summed E-state index contributed by atoms with van der Waals surface area (Å²) in [7, 11) is 1.44. The molecule has 1 unspecified atom stereocenters. The topological polar surface area (TPSA) is 97.8 Å². The van der Waals surface area contributed by atoms with Crippen LogP contribution >= 0.6 is 11.6 Å². The van der Waals surface area contributed by atoms with E-state index in [0.29, 0.717) is 18.4 Å². The van der Waals surface area contributed by atoms with E-state index in [4.69, 9.17) is 26.2 Å². The Morgan fingerprint density at radius 1 is 1.50 bits per heavy atom. The van der Waals surface area contributed by atoms with Gasteiger partial charge in [-0.25, -0.2) is 4.98 Å². The molecule has 1 atom stereocenters. The second-order valence-corrected chi connectivity index (χ2v) is 6.69. The zero-order valence-corrected chi connectivity index (χ0v) is 14.4. The predicted octanol–water partition coefficient (Wildman–Crippen LogP) is 2.13. The van der Waals surface area contributed by atoms with E-state index in [0.717, 1.165) is 12.8 Å². The van der Waals surface area contributed by atoms with Crippen LogP contribution in [0.3, 0.4) is 0 Å². The maximum absolute atomic E-state index is 12.4. The van der Waals surface area contributed by atoms with Crippen molar-refractivity contribution in [1.29, 1.82) is 0 Å². The van der Waals surface area contributed by atoms with Gasteiger partial charge in [-0.2, -0.15) is 0 Å². The highest BCUT2D eigenvalue weighted by Gasteiger charge is 2.30. The number of carbonyl (C=O) groups excluding carboxylic acids is 1. The van der Waals surface area contributed by atoms with Gasteiger partial charge in [-0.1, -0.05) is 11.6 Å². The van der Waals surface area contributed by atoms with E-state index >= 15 is 0 Å². The molecular formula is C16H21ClN2O5. The Balaban J connectivity index is 2.04. The summed E-state index contributed by atoms with van der Waals surface area (Å²) in [5.74, 6) is -0.643. The van der Waals surface area contributed by atoms with Crippen molar-refractivity contribution >= 4 is 23.5 Å². The summed E-state index contributed by atoms with van der Waals surface area (Å²) >= 11 is 6.11. The Morgan fingerprint density at radius 3 is 2.75 bits per heavy atom. The molecule has 1 aliphatic carbocycles. The number of halogens is 1. The number of hydrogen-bond donors (Lipinski definition) is 2. The van der Waals surface area contributed by atoms with Crippen molar-refractivity contribution in [3.63, 3.8) is 0 Å². The lowest BCUT2D eigenvalue weighted by Gasteiger charge is -2.28. The van der Waals surface area contributed by atoms with Crippen LogP contribution in [0.5, 0.6) is 5.88 Å². The van der Waals surface area contributed by atoms with E-state index in [1.807, 2.05) is 0 Å². The molecule has 2 N–H and O–H groups in total. The number of hydrogen-bond acceptors (Lipinski definition) is 5. The fourth-order valence-electron chi connectivity index (χ4n) is 2.27. The van der Waals surface area contributed by atoms with Gasteiger partial charge < -0.3 is 19.9 Å². The molecule has 24 heavy (non-hydrogen) atoms. The average Bonchev–Trinajstić information content (AvgIpc) is 3.29. The summed E-state index contributed by atoms with van der Waals surface area (Å²) in [5.41, 5.74) is -0.808. The Hall–Kier alpha value is -1.86. The normalized spacial score (nSPS) is 16.3. The van der Waals surface area contributed by atoms with E-state index in [2.05, 4.69) is 10.3 Å². The molecule has 1 fully saturated rings. The van der Waals surface area contributed by atoms with Gasteiger partial charge in [0.15, 0.2) is 0 Å². The number of methoxy groups -OCH3 is 1. The van der Waals surface area contributed by atoms with Gasteiger partial charge in [-0.05, 0) is 31.7 Å². The molecule has 1 aromatic heterocycles. The summed E-state index contributed by atoms with van der Waals surface area (Å²) in [4.78, 5) is 27.4. The van der Waals surface area contributed by atoms with Gasteiger partial charge in [0.25, 0.3) is 5.91 Å². The minimum absolute atomic E-state index is 0.0643. The zero-order valence-electron chi connectivity index (χ0n) is 13.7. The quantitative estimate of drug-likeness (QED) is 0.703. The largest absolute Gasteiger partial charge is 0.481 e. The second kappa shape index (κ2) is 7.81. The SMILES string of the molecule is COCC(C)(CC(=O)O)NC(=O)c1cnc(OCC2CC2)c(Cl)c1. The number of amides is 1. The first kappa shape index (κ1) is 18.5. The van der Waals surface area contributed by atoms with Crippen LogP contribution in [0.1, 0.15) is 36.5 Å². The Labute approximate surface area is 145 Å². The highest BCUT2D eigenvalue weighted by Crippen LogP contribution is 2.31. The van der Waals surface area contributed by atoms with Crippen LogP contribution in [0.15, 0.2) is 12.3 Å². The number of aliphatic carboxylic acids is 1. The van der Waals surface area contributed by atoms with Crippen LogP contribution in [-0.2, 0) is 9.53 Å². The molecule has 1 saturated carbocycles.